The number of allylic oxidation sites excluding steroid dienone is 1. The second-order valence-corrected chi connectivity index (χ2v) is 10.1. The summed E-state index contributed by atoms with van der Waals surface area (Å²) in [6.45, 7) is 8.84. The molecule has 0 aliphatic carbocycles. The number of nitrogens with zero attached hydrogens (tertiary/aromatic N) is 7. The van der Waals surface area contributed by atoms with E-state index in [-0.39, 0.29) is 31.6 Å². The van der Waals surface area contributed by atoms with E-state index in [0.717, 1.165) is 24.4 Å². The summed E-state index contributed by atoms with van der Waals surface area (Å²) in [7, 11) is 1.43. The van der Waals surface area contributed by atoms with Gasteiger partial charge in [-0.2, -0.15) is 33.3 Å². The first-order chi connectivity index (χ1) is 21.4. The summed E-state index contributed by atoms with van der Waals surface area (Å²) in [5.74, 6) is -3.21. The number of halogens is 5. The number of benzene rings is 1. The second-order valence-electron chi connectivity index (χ2n) is 10.1. The summed E-state index contributed by atoms with van der Waals surface area (Å²) in [5, 5.41) is 10.9. The molecule has 1 aliphatic heterocycles. The molecule has 2 amide bonds. The summed E-state index contributed by atoms with van der Waals surface area (Å²) in [6, 6.07) is 2.83. The van der Waals surface area contributed by atoms with Gasteiger partial charge in [0.25, 0.3) is 0 Å². The molecule has 1 aromatic carbocycles. The summed E-state index contributed by atoms with van der Waals surface area (Å²) in [4.78, 5) is 30.1. The van der Waals surface area contributed by atoms with Crippen LogP contribution in [0.3, 0.4) is 0 Å². The van der Waals surface area contributed by atoms with Crippen molar-refractivity contribution < 1.29 is 31.5 Å². The summed E-state index contributed by atoms with van der Waals surface area (Å²) in [6.07, 6.45) is -0.802. The zero-order valence-electron chi connectivity index (χ0n) is 25.5. The van der Waals surface area contributed by atoms with Crippen molar-refractivity contribution in [3.8, 4) is 6.01 Å². The maximum Gasteiger partial charge on any atom is 0.451 e. The number of ether oxygens (including phenoxy) is 1. The minimum absolute atomic E-state index is 0.138. The first-order valence-corrected chi connectivity index (χ1v) is 14.2. The molecule has 10 nitrogen and oxygen atoms in total. The van der Waals surface area contributed by atoms with Crippen LogP contribution in [0, 0.1) is 18.6 Å². The van der Waals surface area contributed by atoms with Gasteiger partial charge in [-0.05, 0) is 45.2 Å². The van der Waals surface area contributed by atoms with Crippen LogP contribution in [0.2, 0.25) is 0 Å². The zero-order chi connectivity index (χ0) is 33.1. The molecule has 1 aliphatic rings. The second kappa shape index (κ2) is 16.0. The Hall–Kier alpha value is -4.56. The van der Waals surface area contributed by atoms with Gasteiger partial charge in [-0.3, -0.25) is 4.99 Å². The number of nitrogens with one attached hydrogen (secondary N) is 1. The lowest BCUT2D eigenvalue weighted by atomic mass is 9.89. The van der Waals surface area contributed by atoms with Gasteiger partial charge in [0.15, 0.2) is 0 Å². The Morgan fingerprint density at radius 1 is 1.18 bits per heavy atom. The average Bonchev–Trinajstić information content (AvgIpc) is 3.00. The highest BCUT2D eigenvalue weighted by atomic mass is 19.4. The third kappa shape index (κ3) is 9.46. The first kappa shape index (κ1) is 34.9. The molecule has 15 heteroatoms. The summed E-state index contributed by atoms with van der Waals surface area (Å²) < 4.78 is 73.3. The van der Waals surface area contributed by atoms with Gasteiger partial charge in [-0.25, -0.2) is 18.6 Å². The van der Waals surface area contributed by atoms with Crippen LogP contribution < -0.4 is 10.1 Å². The highest BCUT2D eigenvalue weighted by Gasteiger charge is 2.35. The number of rotatable bonds is 10. The van der Waals surface area contributed by atoms with Crippen LogP contribution in [0.15, 0.2) is 51.0 Å². The van der Waals surface area contributed by atoms with Crippen molar-refractivity contribution in [3.05, 3.63) is 59.4 Å². The maximum absolute atomic E-state index is 14.0. The minimum atomic E-state index is -4.74. The van der Waals surface area contributed by atoms with E-state index >= 15 is 0 Å². The lowest BCUT2D eigenvalue weighted by Gasteiger charge is -2.32. The highest BCUT2D eigenvalue weighted by molar-refractivity contribution is 6.02. The minimum Gasteiger partial charge on any atom is -0.467 e. The van der Waals surface area contributed by atoms with Crippen LogP contribution in [0.4, 0.5) is 32.4 Å². The standard InChI is InChI=1S/C30H35F5N8O2/c1-6-9-21(17-37-27(30(33,34)35)36-14-7-2)42-41-19(4)24-18(3)38-28(45-5)39-25(24)20-12-15-43(16-13-20)29(44)40-26-22(31)10-8-11-23(26)32/h7-8,10-11,14,20H,2,6,9,12-13,15-17H2,1,3-5H3,(H,40,44)/b36-14?,37-27?,41-19+,42-21+. The number of carbonyl (C=O) groups excluding carboxylic acids is 1. The fourth-order valence-corrected chi connectivity index (χ4v) is 4.70. The molecule has 0 atom stereocenters. The average molecular weight is 635 g/mol. The molecule has 0 unspecified atom stereocenters. The molecule has 3 rings (SSSR count). The van der Waals surface area contributed by atoms with E-state index < -0.39 is 35.4 Å². The van der Waals surface area contributed by atoms with Crippen molar-refractivity contribution >= 4 is 35.2 Å². The van der Waals surface area contributed by atoms with Crippen molar-refractivity contribution in [2.45, 2.75) is 58.5 Å². The maximum atomic E-state index is 14.0. The molecule has 0 bridgehead atoms. The van der Waals surface area contributed by atoms with Crippen molar-refractivity contribution in [2.75, 3.05) is 32.1 Å². The molecule has 45 heavy (non-hydrogen) atoms. The van der Waals surface area contributed by atoms with Crippen LogP contribution >= 0.6 is 0 Å². The number of carbonyl (C=O) groups is 1. The summed E-state index contributed by atoms with van der Waals surface area (Å²) >= 11 is 0. The number of hydrogen-bond donors (Lipinski definition) is 1. The molecular formula is C30H35F5N8O2. The van der Waals surface area contributed by atoms with E-state index in [0.29, 0.717) is 54.1 Å². The number of alkyl halides is 3. The number of likely N-dealkylation sites (tertiary alicyclic amines) is 1. The molecule has 242 valence electrons. The van der Waals surface area contributed by atoms with Crippen molar-refractivity contribution in [1.82, 2.24) is 14.9 Å². The highest BCUT2D eigenvalue weighted by Crippen LogP contribution is 2.32. The fraction of sp³-hybridized carbons (Fsp3) is 0.433. The predicted molar refractivity (Wildman–Crippen MR) is 164 cm³/mol. The van der Waals surface area contributed by atoms with Crippen LogP contribution in [-0.2, 0) is 0 Å². The van der Waals surface area contributed by atoms with Crippen LogP contribution in [0.1, 0.15) is 62.4 Å². The molecule has 0 spiro atoms. The number of aromatic nitrogens is 2. The molecule has 1 saturated heterocycles. The van der Waals surface area contributed by atoms with Gasteiger partial charge in [0.2, 0.25) is 5.84 Å². The largest absolute Gasteiger partial charge is 0.467 e. The van der Waals surface area contributed by atoms with E-state index in [2.05, 4.69) is 42.1 Å². The molecular weight excluding hydrogens is 599 g/mol. The van der Waals surface area contributed by atoms with Gasteiger partial charge < -0.3 is 15.0 Å². The van der Waals surface area contributed by atoms with Gasteiger partial charge in [0.05, 0.1) is 36.5 Å². The Bertz CT molecular complexity index is 1480. The van der Waals surface area contributed by atoms with Gasteiger partial charge in [-0.1, -0.05) is 32.1 Å². The molecule has 1 aromatic heterocycles. The SMILES string of the molecule is C=CC=NC(=NC/C(CCC)=N/N=C(\C)c1c(C)nc(OC)nc1C1CCN(C(=O)Nc2c(F)cccc2F)CC1)C(F)(F)F. The lowest BCUT2D eigenvalue weighted by Crippen LogP contribution is -2.41. The van der Waals surface area contributed by atoms with E-state index in [1.165, 1.54) is 18.1 Å². The first-order valence-electron chi connectivity index (χ1n) is 14.2. The Morgan fingerprint density at radius 2 is 1.84 bits per heavy atom. The number of amides is 2. The number of hydrogen-bond acceptors (Lipinski definition) is 7. The normalized spacial score (nSPS) is 15.5. The molecule has 0 saturated carbocycles. The Kier molecular flexibility index (Phi) is 12.4. The number of anilines is 1. The lowest BCUT2D eigenvalue weighted by molar-refractivity contribution is -0.0597. The number of methoxy groups -OCH3 is 1. The Labute approximate surface area is 257 Å². The monoisotopic (exact) mass is 634 g/mol. The van der Waals surface area contributed by atoms with Crippen LogP contribution in [0.5, 0.6) is 6.01 Å². The number of para-hydroxylation sites is 1. The number of aryl methyl sites for hydroxylation is 1. The Morgan fingerprint density at radius 3 is 2.42 bits per heavy atom. The number of piperidine rings is 1. The van der Waals surface area contributed by atoms with E-state index in [1.54, 1.807) is 13.8 Å². The van der Waals surface area contributed by atoms with Crippen molar-refractivity contribution in [1.29, 1.82) is 0 Å². The smallest absolute Gasteiger partial charge is 0.451 e. The van der Waals surface area contributed by atoms with Gasteiger partial charge in [0.1, 0.15) is 17.3 Å². The van der Waals surface area contributed by atoms with Crippen LogP contribution in [0.25, 0.3) is 0 Å². The van der Waals surface area contributed by atoms with Crippen molar-refractivity contribution in [2.24, 2.45) is 20.2 Å². The van der Waals surface area contributed by atoms with Gasteiger partial charge >= 0.3 is 18.2 Å². The topological polar surface area (TPSA) is 117 Å². The number of amidine groups is 1. The van der Waals surface area contributed by atoms with Gasteiger partial charge in [-0.15, -0.1) is 0 Å². The van der Waals surface area contributed by atoms with Gasteiger partial charge in [0, 0.05) is 30.8 Å². The van der Waals surface area contributed by atoms with Crippen LogP contribution in [-0.4, -0.2) is 77.3 Å². The molecule has 2 aromatic rings. The third-order valence-corrected chi connectivity index (χ3v) is 6.85. The van der Waals surface area contributed by atoms with E-state index in [4.69, 9.17) is 4.74 Å². The number of urea groups is 1. The predicted octanol–water partition coefficient (Wildman–Crippen LogP) is 6.67. The fourth-order valence-electron chi connectivity index (χ4n) is 4.70. The molecule has 1 fully saturated rings. The zero-order valence-corrected chi connectivity index (χ0v) is 25.5. The van der Waals surface area contributed by atoms with Crippen molar-refractivity contribution in [3.63, 3.8) is 0 Å². The molecule has 1 N–H and O–H groups in total. The van der Waals surface area contributed by atoms with E-state index in [1.807, 2.05) is 6.92 Å². The number of aliphatic imine (C=N–C) groups is 2. The molecule has 0 radical (unpaired) electrons. The third-order valence-electron chi connectivity index (χ3n) is 6.85. The molecule has 2 heterocycles. The summed E-state index contributed by atoms with van der Waals surface area (Å²) in [5.41, 5.74) is 2.01. The Balaban J connectivity index is 1.86. The quantitative estimate of drug-likeness (QED) is 0.136. The van der Waals surface area contributed by atoms with E-state index in [9.17, 15) is 26.7 Å².